The maximum absolute atomic E-state index is 12.7. The highest BCUT2D eigenvalue weighted by Crippen LogP contribution is 2.36. The first-order valence-corrected chi connectivity index (χ1v) is 11.3. The summed E-state index contributed by atoms with van der Waals surface area (Å²) in [6.45, 7) is -0.338. The second-order valence-electron chi connectivity index (χ2n) is 7.78. The van der Waals surface area contributed by atoms with Crippen LogP contribution in [0.5, 0.6) is 0 Å². The van der Waals surface area contributed by atoms with Gasteiger partial charge < -0.3 is 9.64 Å². The third kappa shape index (κ3) is 4.60. The maximum atomic E-state index is 12.7. The van der Waals surface area contributed by atoms with Gasteiger partial charge in [-0.3, -0.25) is 9.59 Å². The highest BCUT2D eigenvalue weighted by molar-refractivity contribution is 8.00. The Morgan fingerprint density at radius 2 is 1.62 bits per heavy atom. The molecule has 0 bridgehead atoms. The molecule has 0 atom stereocenters. The summed E-state index contributed by atoms with van der Waals surface area (Å²) in [4.78, 5) is 39.4. The average molecular weight is 446 g/mol. The van der Waals surface area contributed by atoms with Crippen LogP contribution in [-0.2, 0) is 16.0 Å². The van der Waals surface area contributed by atoms with Crippen molar-refractivity contribution in [3.63, 3.8) is 0 Å². The van der Waals surface area contributed by atoms with Crippen molar-refractivity contribution in [3.8, 4) is 11.1 Å². The lowest BCUT2D eigenvalue weighted by atomic mass is 10.0. The number of Topliss-reactive ketones (excluding diaryl/α,β-unsaturated/α-hetero) is 1. The minimum atomic E-state index is -0.578. The van der Waals surface area contributed by atoms with Crippen LogP contribution in [0.25, 0.3) is 11.1 Å². The average Bonchev–Trinajstić information content (AvgIpc) is 3.18. The molecule has 3 aromatic carbocycles. The van der Waals surface area contributed by atoms with Crippen LogP contribution in [0.4, 0.5) is 0 Å². The second kappa shape index (κ2) is 9.40. The summed E-state index contributed by atoms with van der Waals surface area (Å²) in [5.41, 5.74) is 5.52. The van der Waals surface area contributed by atoms with E-state index in [1.807, 2.05) is 24.3 Å². The van der Waals surface area contributed by atoms with Gasteiger partial charge in [0.2, 0.25) is 5.91 Å². The van der Waals surface area contributed by atoms with E-state index in [4.69, 9.17) is 4.74 Å². The molecule has 0 saturated carbocycles. The summed E-state index contributed by atoms with van der Waals surface area (Å²) >= 11 is 1.27. The smallest absolute Gasteiger partial charge is 0.339 e. The lowest BCUT2D eigenvalue weighted by Gasteiger charge is -2.12. The van der Waals surface area contributed by atoms with Gasteiger partial charge in [0.15, 0.2) is 12.4 Å². The Kier molecular flexibility index (Phi) is 6.42. The minimum Gasteiger partial charge on any atom is -0.454 e. The molecule has 0 spiro atoms. The van der Waals surface area contributed by atoms with Gasteiger partial charge in [-0.1, -0.05) is 48.5 Å². The van der Waals surface area contributed by atoms with Crippen LogP contribution in [0, 0.1) is 0 Å². The standard InChI is InChI=1S/C26H23NO4S/c1-27(2)25(29)16-32-24-10-6-5-9-21(24)26(30)31-15-23(28)19-12-11-18-13-17-7-3-4-8-20(17)22(18)14-19/h3-12,14H,13,15-16H2,1-2H3. The van der Waals surface area contributed by atoms with Crippen molar-refractivity contribution in [2.45, 2.75) is 11.3 Å². The van der Waals surface area contributed by atoms with E-state index in [1.54, 1.807) is 44.4 Å². The number of carbonyl (C=O) groups is 3. The zero-order valence-corrected chi connectivity index (χ0v) is 18.8. The number of benzene rings is 3. The van der Waals surface area contributed by atoms with Crippen molar-refractivity contribution in [2.75, 3.05) is 26.5 Å². The second-order valence-corrected chi connectivity index (χ2v) is 8.80. The number of hydrogen-bond donors (Lipinski definition) is 0. The number of amides is 1. The summed E-state index contributed by atoms with van der Waals surface area (Å²) < 4.78 is 5.33. The molecule has 5 nitrogen and oxygen atoms in total. The molecule has 32 heavy (non-hydrogen) atoms. The third-order valence-corrected chi connectivity index (χ3v) is 6.47. The number of ether oxygens (including phenoxy) is 1. The molecule has 0 unspecified atom stereocenters. The lowest BCUT2D eigenvalue weighted by molar-refractivity contribution is -0.125. The SMILES string of the molecule is CN(C)C(=O)CSc1ccccc1C(=O)OCC(=O)c1ccc2c(c1)-c1ccccc1C2. The van der Waals surface area contributed by atoms with Gasteiger partial charge in [-0.25, -0.2) is 4.79 Å². The van der Waals surface area contributed by atoms with Crippen molar-refractivity contribution < 1.29 is 19.1 Å². The molecule has 0 saturated heterocycles. The van der Waals surface area contributed by atoms with Crippen molar-refractivity contribution in [1.82, 2.24) is 4.90 Å². The molecule has 1 aliphatic rings. The first-order chi connectivity index (χ1) is 15.4. The van der Waals surface area contributed by atoms with Gasteiger partial charge in [-0.05, 0) is 46.9 Å². The molecule has 0 radical (unpaired) electrons. The van der Waals surface area contributed by atoms with Gasteiger partial charge in [-0.2, -0.15) is 0 Å². The first-order valence-electron chi connectivity index (χ1n) is 10.3. The molecule has 3 aromatic rings. The van der Waals surface area contributed by atoms with E-state index in [2.05, 4.69) is 12.1 Å². The first kappa shape index (κ1) is 21.8. The number of thioether (sulfide) groups is 1. The molecular weight excluding hydrogens is 422 g/mol. The summed E-state index contributed by atoms with van der Waals surface area (Å²) in [6.07, 6.45) is 0.861. The maximum Gasteiger partial charge on any atom is 0.339 e. The van der Waals surface area contributed by atoms with Crippen LogP contribution >= 0.6 is 11.8 Å². The number of hydrogen-bond acceptors (Lipinski definition) is 5. The fourth-order valence-electron chi connectivity index (χ4n) is 3.62. The zero-order valence-electron chi connectivity index (χ0n) is 18.0. The number of carbonyl (C=O) groups excluding carboxylic acids is 3. The quantitative estimate of drug-likeness (QED) is 0.238. The fourth-order valence-corrected chi connectivity index (χ4v) is 4.64. The Balaban J connectivity index is 1.43. The predicted molar refractivity (Wildman–Crippen MR) is 125 cm³/mol. The summed E-state index contributed by atoms with van der Waals surface area (Å²) in [7, 11) is 3.37. The highest BCUT2D eigenvalue weighted by atomic mass is 32.2. The monoisotopic (exact) mass is 445 g/mol. The Morgan fingerprint density at radius 3 is 2.44 bits per heavy atom. The van der Waals surface area contributed by atoms with Gasteiger partial charge in [0.05, 0.1) is 11.3 Å². The Morgan fingerprint density at radius 1 is 0.906 bits per heavy atom. The van der Waals surface area contributed by atoms with Gasteiger partial charge >= 0.3 is 5.97 Å². The van der Waals surface area contributed by atoms with Crippen LogP contribution in [0.15, 0.2) is 71.6 Å². The van der Waals surface area contributed by atoms with Crippen molar-refractivity contribution >= 4 is 29.4 Å². The summed E-state index contributed by atoms with van der Waals surface area (Å²) in [6, 6.07) is 20.7. The number of nitrogens with zero attached hydrogens (tertiary/aromatic N) is 1. The fraction of sp³-hybridized carbons (Fsp3) is 0.192. The van der Waals surface area contributed by atoms with E-state index in [-0.39, 0.29) is 24.1 Å². The van der Waals surface area contributed by atoms with E-state index < -0.39 is 5.97 Å². The van der Waals surface area contributed by atoms with Gasteiger partial charge in [-0.15, -0.1) is 11.8 Å². The van der Waals surface area contributed by atoms with Gasteiger partial charge in [0.25, 0.3) is 0 Å². The lowest BCUT2D eigenvalue weighted by Crippen LogP contribution is -2.23. The number of fused-ring (bicyclic) bond motifs is 3. The Bertz CT molecular complexity index is 1200. The molecule has 6 heteroatoms. The van der Waals surface area contributed by atoms with E-state index in [9.17, 15) is 14.4 Å². The molecule has 0 fully saturated rings. The van der Waals surface area contributed by atoms with E-state index in [1.165, 1.54) is 27.8 Å². The minimum absolute atomic E-state index is 0.0495. The van der Waals surface area contributed by atoms with Crippen LogP contribution in [0.1, 0.15) is 31.8 Å². The molecule has 162 valence electrons. The molecule has 1 aliphatic carbocycles. The molecule has 0 aliphatic heterocycles. The number of esters is 1. The number of rotatable bonds is 7. The van der Waals surface area contributed by atoms with E-state index in [0.29, 0.717) is 16.0 Å². The van der Waals surface area contributed by atoms with Crippen LogP contribution in [0.3, 0.4) is 0 Å². The molecule has 0 N–H and O–H groups in total. The van der Waals surface area contributed by atoms with Gasteiger partial charge in [0, 0.05) is 24.6 Å². The van der Waals surface area contributed by atoms with Crippen LogP contribution in [-0.4, -0.2) is 49.0 Å². The Hall–Kier alpha value is -3.38. The summed E-state index contributed by atoms with van der Waals surface area (Å²) in [5, 5.41) is 0. The van der Waals surface area contributed by atoms with E-state index in [0.717, 1.165) is 17.5 Å². The van der Waals surface area contributed by atoms with Crippen LogP contribution in [0.2, 0.25) is 0 Å². The van der Waals surface area contributed by atoms with E-state index >= 15 is 0 Å². The third-order valence-electron chi connectivity index (χ3n) is 5.41. The molecule has 1 amide bonds. The molecular formula is C26H23NO4S. The Labute approximate surface area is 191 Å². The normalized spacial score (nSPS) is 11.4. The van der Waals surface area contributed by atoms with Crippen molar-refractivity contribution in [2.24, 2.45) is 0 Å². The topological polar surface area (TPSA) is 63.7 Å². The van der Waals surface area contributed by atoms with Gasteiger partial charge in [0.1, 0.15) is 0 Å². The van der Waals surface area contributed by atoms with Crippen LogP contribution < -0.4 is 0 Å². The van der Waals surface area contributed by atoms with Crippen molar-refractivity contribution in [1.29, 1.82) is 0 Å². The molecule has 4 rings (SSSR count). The number of ketones is 1. The molecule has 0 heterocycles. The van der Waals surface area contributed by atoms with Crippen molar-refractivity contribution in [3.05, 3.63) is 89.0 Å². The zero-order chi connectivity index (χ0) is 22.7. The summed E-state index contributed by atoms with van der Waals surface area (Å²) in [5.74, 6) is -0.664. The largest absolute Gasteiger partial charge is 0.454 e. The predicted octanol–water partition coefficient (Wildman–Crippen LogP) is 4.48. The highest BCUT2D eigenvalue weighted by Gasteiger charge is 2.21. The molecule has 0 aromatic heterocycles.